The number of aliphatic hydroxyl groups is 1. The molecule has 116 valence electrons. The first-order valence-corrected chi connectivity index (χ1v) is 6.62. The standard InChI is InChI=1S/C13H20N4O4/c1-16(7-3-2-4-8-18)13(19)10-5-6-12(17(20)21)11(9-10)15-14/h5-6,9,15,18H,2-4,7-8,14H2,1H3. The highest BCUT2D eigenvalue weighted by Gasteiger charge is 2.18. The SMILES string of the molecule is CN(CCCCCO)C(=O)c1ccc([N+](=O)[O-])c(NN)c1. The molecule has 0 aromatic heterocycles. The number of nitrogen functional groups attached to an aromatic ring is 1. The molecule has 4 N–H and O–H groups in total. The van der Waals surface area contributed by atoms with Gasteiger partial charge in [0.1, 0.15) is 5.69 Å². The minimum atomic E-state index is -0.567. The van der Waals surface area contributed by atoms with Gasteiger partial charge >= 0.3 is 0 Å². The van der Waals surface area contributed by atoms with Crippen molar-refractivity contribution >= 4 is 17.3 Å². The smallest absolute Gasteiger partial charge is 0.293 e. The van der Waals surface area contributed by atoms with Crippen LogP contribution in [-0.4, -0.2) is 41.0 Å². The number of nitrogens with one attached hydrogen (secondary N) is 1. The van der Waals surface area contributed by atoms with Crippen molar-refractivity contribution in [3.63, 3.8) is 0 Å². The van der Waals surface area contributed by atoms with Gasteiger partial charge in [0.05, 0.1) is 4.92 Å². The molecule has 0 atom stereocenters. The third kappa shape index (κ3) is 4.69. The molecule has 0 aliphatic rings. The second kappa shape index (κ2) is 8.18. The van der Waals surface area contributed by atoms with Gasteiger partial charge in [-0.3, -0.25) is 20.8 Å². The topological polar surface area (TPSA) is 122 Å². The number of hydrazine groups is 1. The number of amides is 1. The highest BCUT2D eigenvalue weighted by Crippen LogP contribution is 2.25. The summed E-state index contributed by atoms with van der Waals surface area (Å²) < 4.78 is 0. The Hall–Kier alpha value is -2.19. The van der Waals surface area contributed by atoms with Crippen molar-refractivity contribution in [2.45, 2.75) is 19.3 Å². The zero-order chi connectivity index (χ0) is 15.8. The Morgan fingerprint density at radius 2 is 2.14 bits per heavy atom. The van der Waals surface area contributed by atoms with Crippen molar-refractivity contribution in [2.24, 2.45) is 5.84 Å². The zero-order valence-corrected chi connectivity index (χ0v) is 11.9. The largest absolute Gasteiger partial charge is 0.396 e. The van der Waals surface area contributed by atoms with Crippen molar-refractivity contribution in [1.82, 2.24) is 4.90 Å². The lowest BCUT2D eigenvalue weighted by atomic mass is 10.1. The molecule has 1 amide bonds. The van der Waals surface area contributed by atoms with Crippen molar-refractivity contribution in [2.75, 3.05) is 25.6 Å². The number of unbranched alkanes of at least 4 members (excludes halogenated alkanes) is 2. The van der Waals surface area contributed by atoms with E-state index in [0.29, 0.717) is 18.5 Å². The molecule has 1 rings (SSSR count). The van der Waals surface area contributed by atoms with Crippen LogP contribution >= 0.6 is 0 Å². The summed E-state index contributed by atoms with van der Waals surface area (Å²) in [5.41, 5.74) is 2.48. The van der Waals surface area contributed by atoms with Gasteiger partial charge in [-0.25, -0.2) is 0 Å². The molecule has 0 spiro atoms. The first-order valence-electron chi connectivity index (χ1n) is 6.62. The monoisotopic (exact) mass is 296 g/mol. The van der Waals surface area contributed by atoms with E-state index in [1.807, 2.05) is 0 Å². The Balaban J connectivity index is 2.75. The van der Waals surface area contributed by atoms with Gasteiger partial charge in [0.15, 0.2) is 0 Å². The Bertz CT molecular complexity index is 507. The molecule has 0 unspecified atom stereocenters. The van der Waals surface area contributed by atoms with E-state index in [2.05, 4.69) is 5.43 Å². The summed E-state index contributed by atoms with van der Waals surface area (Å²) in [6.45, 7) is 0.701. The highest BCUT2D eigenvalue weighted by atomic mass is 16.6. The molecule has 21 heavy (non-hydrogen) atoms. The van der Waals surface area contributed by atoms with Crippen LogP contribution in [0.5, 0.6) is 0 Å². The number of carbonyl (C=O) groups is 1. The Labute approximate surface area is 122 Å². The van der Waals surface area contributed by atoms with Crippen LogP contribution in [0.1, 0.15) is 29.6 Å². The normalized spacial score (nSPS) is 10.2. The molecule has 0 bridgehead atoms. The van der Waals surface area contributed by atoms with E-state index in [9.17, 15) is 14.9 Å². The lowest BCUT2D eigenvalue weighted by Crippen LogP contribution is -2.28. The predicted octanol–water partition coefficient (Wildman–Crippen LogP) is 1.11. The number of aliphatic hydroxyl groups excluding tert-OH is 1. The van der Waals surface area contributed by atoms with E-state index in [0.717, 1.165) is 12.8 Å². The molecular formula is C13H20N4O4. The maximum absolute atomic E-state index is 12.2. The first kappa shape index (κ1) is 16.9. The van der Waals surface area contributed by atoms with Crippen LogP contribution in [-0.2, 0) is 0 Å². The van der Waals surface area contributed by atoms with Gasteiger partial charge in [-0.15, -0.1) is 0 Å². The summed E-state index contributed by atoms with van der Waals surface area (Å²) >= 11 is 0. The second-order valence-corrected chi connectivity index (χ2v) is 4.64. The number of nitrogens with zero attached hydrogens (tertiary/aromatic N) is 2. The summed E-state index contributed by atoms with van der Waals surface area (Å²) in [6.07, 6.45) is 2.34. The van der Waals surface area contributed by atoms with E-state index in [-0.39, 0.29) is 23.9 Å². The number of hydrogen-bond donors (Lipinski definition) is 3. The number of benzene rings is 1. The Kier molecular flexibility index (Phi) is 6.57. The van der Waals surface area contributed by atoms with Gasteiger partial charge in [-0.2, -0.15) is 0 Å². The van der Waals surface area contributed by atoms with E-state index in [4.69, 9.17) is 10.9 Å². The minimum Gasteiger partial charge on any atom is -0.396 e. The maximum atomic E-state index is 12.2. The molecule has 8 heteroatoms. The first-order chi connectivity index (χ1) is 10.0. The summed E-state index contributed by atoms with van der Waals surface area (Å²) in [4.78, 5) is 24.0. The number of rotatable bonds is 8. The van der Waals surface area contributed by atoms with Crippen molar-refractivity contribution in [3.05, 3.63) is 33.9 Å². The molecule has 8 nitrogen and oxygen atoms in total. The van der Waals surface area contributed by atoms with Gasteiger partial charge in [0.2, 0.25) is 0 Å². The number of anilines is 1. The third-order valence-electron chi connectivity index (χ3n) is 3.09. The van der Waals surface area contributed by atoms with E-state index >= 15 is 0 Å². The molecule has 0 aliphatic heterocycles. The van der Waals surface area contributed by atoms with Crippen molar-refractivity contribution in [1.29, 1.82) is 0 Å². The fraction of sp³-hybridized carbons (Fsp3) is 0.462. The molecule has 1 aromatic rings. The molecule has 0 aliphatic carbocycles. The molecule has 0 saturated heterocycles. The van der Waals surface area contributed by atoms with Crippen LogP contribution in [0.4, 0.5) is 11.4 Å². The Morgan fingerprint density at radius 1 is 1.43 bits per heavy atom. The van der Waals surface area contributed by atoms with E-state index < -0.39 is 4.92 Å². The lowest BCUT2D eigenvalue weighted by molar-refractivity contribution is -0.384. The summed E-state index contributed by atoms with van der Waals surface area (Å²) in [6, 6.07) is 4.03. The van der Waals surface area contributed by atoms with Crippen LogP contribution in [0.25, 0.3) is 0 Å². The van der Waals surface area contributed by atoms with Gasteiger partial charge in [-0.05, 0) is 31.4 Å². The number of nitrogens with two attached hydrogens (primary N) is 1. The molecule has 0 saturated carbocycles. The van der Waals surface area contributed by atoms with E-state index in [1.165, 1.54) is 18.2 Å². The van der Waals surface area contributed by atoms with Crippen LogP contribution in [0.15, 0.2) is 18.2 Å². The van der Waals surface area contributed by atoms with Crippen LogP contribution in [0.2, 0.25) is 0 Å². The quantitative estimate of drug-likeness (QED) is 0.286. The molecular weight excluding hydrogens is 276 g/mol. The van der Waals surface area contributed by atoms with Crippen molar-refractivity contribution < 1.29 is 14.8 Å². The Morgan fingerprint density at radius 3 is 2.71 bits per heavy atom. The number of carbonyl (C=O) groups excluding carboxylic acids is 1. The fourth-order valence-corrected chi connectivity index (χ4v) is 1.90. The van der Waals surface area contributed by atoms with Gasteiger partial charge in [-0.1, -0.05) is 0 Å². The fourth-order valence-electron chi connectivity index (χ4n) is 1.90. The third-order valence-corrected chi connectivity index (χ3v) is 3.09. The molecule has 0 heterocycles. The molecule has 0 radical (unpaired) electrons. The van der Waals surface area contributed by atoms with Gasteiger partial charge in [0.25, 0.3) is 11.6 Å². The maximum Gasteiger partial charge on any atom is 0.293 e. The van der Waals surface area contributed by atoms with Gasteiger partial charge < -0.3 is 15.4 Å². The van der Waals surface area contributed by atoms with Crippen molar-refractivity contribution in [3.8, 4) is 0 Å². The van der Waals surface area contributed by atoms with E-state index in [1.54, 1.807) is 11.9 Å². The molecule has 1 aromatic carbocycles. The zero-order valence-electron chi connectivity index (χ0n) is 11.9. The second-order valence-electron chi connectivity index (χ2n) is 4.64. The van der Waals surface area contributed by atoms with Gasteiger partial charge in [0, 0.05) is 31.8 Å². The predicted molar refractivity (Wildman–Crippen MR) is 78.8 cm³/mol. The number of hydrogen-bond acceptors (Lipinski definition) is 6. The average molecular weight is 296 g/mol. The summed E-state index contributed by atoms with van der Waals surface area (Å²) in [5.74, 6) is 5.01. The summed E-state index contributed by atoms with van der Waals surface area (Å²) in [7, 11) is 1.66. The summed E-state index contributed by atoms with van der Waals surface area (Å²) in [5, 5.41) is 19.5. The number of nitro benzene ring substituents is 1. The lowest BCUT2D eigenvalue weighted by Gasteiger charge is -2.17. The van der Waals surface area contributed by atoms with Crippen LogP contribution < -0.4 is 11.3 Å². The van der Waals surface area contributed by atoms with Crippen LogP contribution in [0, 0.1) is 10.1 Å². The minimum absolute atomic E-state index is 0.0968. The average Bonchev–Trinajstić information content (AvgIpc) is 2.49. The number of nitro groups is 1. The molecule has 0 fully saturated rings. The highest BCUT2D eigenvalue weighted by molar-refractivity contribution is 5.95. The van der Waals surface area contributed by atoms with Crippen LogP contribution in [0.3, 0.4) is 0 Å².